The molecule has 9 aromatic rings. The average molecular weight is 645 g/mol. The summed E-state index contributed by atoms with van der Waals surface area (Å²) in [6.07, 6.45) is 0. The fourth-order valence-corrected chi connectivity index (χ4v) is 9.26. The van der Waals surface area contributed by atoms with Crippen LogP contribution in [-0.2, 0) is 5.41 Å². The molecule has 0 atom stereocenters. The first-order chi connectivity index (χ1) is 24.1. The summed E-state index contributed by atoms with van der Waals surface area (Å²) >= 11 is 1.89. The lowest BCUT2D eigenvalue weighted by atomic mass is 9.73. The Balaban J connectivity index is 1.10. The summed E-state index contributed by atoms with van der Waals surface area (Å²) in [4.78, 5) is 7.58. The van der Waals surface area contributed by atoms with Crippen LogP contribution in [0.15, 0.2) is 158 Å². The van der Waals surface area contributed by atoms with Crippen molar-refractivity contribution in [2.75, 3.05) is 4.90 Å². The van der Waals surface area contributed by atoms with Gasteiger partial charge >= 0.3 is 0 Å². The predicted molar refractivity (Wildman–Crippen MR) is 210 cm³/mol. The highest BCUT2D eigenvalue weighted by Crippen LogP contribution is 2.52. The molecule has 1 aliphatic heterocycles. The summed E-state index contributed by atoms with van der Waals surface area (Å²) in [5.74, 6) is 0. The first-order valence-electron chi connectivity index (χ1n) is 16.9. The molecule has 0 unspecified atom stereocenters. The summed E-state index contributed by atoms with van der Waals surface area (Å²) in [5, 5.41) is 6.29. The van der Waals surface area contributed by atoms with Gasteiger partial charge in [-0.3, -0.25) is 0 Å². The van der Waals surface area contributed by atoms with E-state index in [9.17, 15) is 0 Å². The number of pyridine rings is 1. The van der Waals surface area contributed by atoms with E-state index in [2.05, 4.69) is 176 Å². The second kappa shape index (κ2) is 10.6. The van der Waals surface area contributed by atoms with Crippen molar-refractivity contribution in [2.45, 2.75) is 19.3 Å². The number of benzene rings is 7. The monoisotopic (exact) mass is 644 g/mol. The molecule has 2 aromatic heterocycles. The van der Waals surface area contributed by atoms with E-state index in [1.807, 2.05) is 11.3 Å². The van der Waals surface area contributed by atoms with Crippen LogP contribution in [0, 0.1) is 0 Å². The Hall–Kier alpha value is -5.77. The minimum Gasteiger partial charge on any atom is -0.310 e. The second-order valence-electron chi connectivity index (χ2n) is 13.6. The maximum Gasteiger partial charge on any atom is 0.0788 e. The minimum absolute atomic E-state index is 0.0699. The summed E-state index contributed by atoms with van der Waals surface area (Å²) < 4.78 is 2.62. The highest BCUT2D eigenvalue weighted by atomic mass is 32.1. The molecule has 3 heterocycles. The van der Waals surface area contributed by atoms with E-state index < -0.39 is 0 Å². The van der Waals surface area contributed by atoms with Crippen molar-refractivity contribution in [3.63, 3.8) is 0 Å². The van der Waals surface area contributed by atoms with Crippen LogP contribution in [0.2, 0.25) is 0 Å². The van der Waals surface area contributed by atoms with Crippen LogP contribution in [0.25, 0.3) is 64.2 Å². The van der Waals surface area contributed by atoms with E-state index in [0.29, 0.717) is 0 Å². The molecular weight excluding hydrogens is 613 g/mol. The van der Waals surface area contributed by atoms with E-state index in [4.69, 9.17) is 4.98 Å². The van der Waals surface area contributed by atoms with Gasteiger partial charge in [-0.05, 0) is 64.7 Å². The normalized spacial score (nSPS) is 13.6. The largest absolute Gasteiger partial charge is 0.310 e. The number of thiophene rings is 1. The molecule has 0 N–H and O–H groups in total. The van der Waals surface area contributed by atoms with E-state index >= 15 is 0 Å². The Morgan fingerprint density at radius 2 is 1.14 bits per heavy atom. The number of hydrogen-bond donors (Lipinski definition) is 0. The lowest BCUT2D eigenvalue weighted by molar-refractivity contribution is 0.632. The molecule has 0 bridgehead atoms. The highest BCUT2D eigenvalue weighted by molar-refractivity contribution is 7.26. The fraction of sp³-hybridized carbons (Fsp3) is 0.0652. The van der Waals surface area contributed by atoms with Crippen LogP contribution in [-0.4, -0.2) is 4.98 Å². The molecule has 49 heavy (non-hydrogen) atoms. The molecule has 0 spiro atoms. The zero-order valence-electron chi connectivity index (χ0n) is 27.3. The van der Waals surface area contributed by atoms with Crippen LogP contribution in [0.4, 0.5) is 17.1 Å². The van der Waals surface area contributed by atoms with E-state index in [1.165, 1.54) is 75.6 Å². The van der Waals surface area contributed by atoms with Gasteiger partial charge in [0.1, 0.15) is 0 Å². The van der Waals surface area contributed by atoms with Gasteiger partial charge in [-0.2, -0.15) is 0 Å². The molecule has 1 aliphatic rings. The summed E-state index contributed by atoms with van der Waals surface area (Å²) in [6, 6.07) is 57.4. The second-order valence-corrected chi connectivity index (χ2v) is 14.6. The standard InChI is InChI=1S/C46H32N2S/c1-46(2)37-15-7-10-18-40(37)48(41-19-11-8-16-38(41)46)32-23-20-29(21-24-32)31-22-27-42-36(28-31)33-25-26-35-43(45(33)49-42)34-14-6-9-17-39(34)47-44(35)30-12-4-3-5-13-30/h3-28H,1-2H3. The first kappa shape index (κ1) is 28.3. The van der Waals surface area contributed by atoms with Crippen LogP contribution in [0.1, 0.15) is 25.0 Å². The molecule has 0 fully saturated rings. The first-order valence-corrected chi connectivity index (χ1v) is 17.7. The van der Waals surface area contributed by atoms with Gasteiger partial charge in [0, 0.05) is 53.0 Å². The van der Waals surface area contributed by atoms with Crippen LogP contribution in [0.5, 0.6) is 0 Å². The molecule has 10 rings (SSSR count). The zero-order chi connectivity index (χ0) is 32.7. The number of aromatic nitrogens is 1. The van der Waals surface area contributed by atoms with Crippen molar-refractivity contribution in [2.24, 2.45) is 0 Å². The number of para-hydroxylation sites is 3. The summed E-state index contributed by atoms with van der Waals surface area (Å²) in [5.41, 5.74) is 11.9. The SMILES string of the molecule is CC1(C)c2ccccc2N(c2ccc(-c3ccc4sc5c(ccc6c(-c7ccccc7)nc7ccccc7c65)c4c3)cc2)c2ccccc21. The van der Waals surface area contributed by atoms with Gasteiger partial charge in [0.2, 0.25) is 0 Å². The van der Waals surface area contributed by atoms with Crippen molar-refractivity contribution < 1.29 is 0 Å². The molecule has 232 valence electrons. The fourth-order valence-electron chi connectivity index (χ4n) is 8.01. The quantitative estimate of drug-likeness (QED) is 0.178. The molecule has 7 aromatic carbocycles. The molecule has 0 saturated heterocycles. The average Bonchev–Trinajstić information content (AvgIpc) is 3.53. The summed E-state index contributed by atoms with van der Waals surface area (Å²) in [6.45, 7) is 4.67. The van der Waals surface area contributed by atoms with Crippen molar-refractivity contribution in [3.8, 4) is 22.4 Å². The Bertz CT molecular complexity index is 2690. The Labute approximate surface area is 289 Å². The Morgan fingerprint density at radius 3 is 1.90 bits per heavy atom. The van der Waals surface area contributed by atoms with Gasteiger partial charge in [-0.25, -0.2) is 4.98 Å². The van der Waals surface area contributed by atoms with E-state index in [-0.39, 0.29) is 5.41 Å². The lowest BCUT2D eigenvalue weighted by Crippen LogP contribution is -2.30. The molecular formula is C46H32N2S. The molecule has 0 saturated carbocycles. The van der Waals surface area contributed by atoms with E-state index in [1.54, 1.807) is 0 Å². The lowest BCUT2D eigenvalue weighted by Gasteiger charge is -2.42. The molecule has 2 nitrogen and oxygen atoms in total. The zero-order valence-corrected chi connectivity index (χ0v) is 28.1. The minimum atomic E-state index is -0.0699. The van der Waals surface area contributed by atoms with Crippen molar-refractivity contribution in [1.29, 1.82) is 0 Å². The number of anilines is 3. The van der Waals surface area contributed by atoms with Crippen molar-refractivity contribution >= 4 is 70.2 Å². The predicted octanol–water partition coefficient (Wildman–Crippen LogP) is 13.2. The number of hydrogen-bond acceptors (Lipinski definition) is 3. The highest BCUT2D eigenvalue weighted by Gasteiger charge is 2.36. The van der Waals surface area contributed by atoms with Crippen molar-refractivity contribution in [1.82, 2.24) is 4.98 Å². The van der Waals surface area contributed by atoms with Gasteiger partial charge in [0.05, 0.1) is 22.6 Å². The maximum atomic E-state index is 5.16. The Kier molecular flexibility index (Phi) is 6.12. The summed E-state index contributed by atoms with van der Waals surface area (Å²) in [7, 11) is 0. The molecule has 3 heteroatoms. The van der Waals surface area contributed by atoms with Crippen LogP contribution in [0.3, 0.4) is 0 Å². The third kappa shape index (κ3) is 4.22. The third-order valence-electron chi connectivity index (χ3n) is 10.4. The van der Waals surface area contributed by atoms with Gasteiger partial charge < -0.3 is 4.90 Å². The number of rotatable bonds is 3. The maximum absolute atomic E-state index is 5.16. The number of nitrogens with zero attached hydrogens (tertiary/aromatic N) is 2. The number of fused-ring (bicyclic) bond motifs is 9. The molecule has 0 radical (unpaired) electrons. The smallest absolute Gasteiger partial charge is 0.0788 e. The molecule has 0 amide bonds. The van der Waals surface area contributed by atoms with E-state index in [0.717, 1.165) is 16.8 Å². The van der Waals surface area contributed by atoms with Gasteiger partial charge in [0.25, 0.3) is 0 Å². The van der Waals surface area contributed by atoms with Crippen LogP contribution < -0.4 is 4.90 Å². The van der Waals surface area contributed by atoms with Gasteiger partial charge in [-0.1, -0.05) is 129 Å². The Morgan fingerprint density at radius 1 is 0.510 bits per heavy atom. The van der Waals surface area contributed by atoms with Gasteiger partial charge in [-0.15, -0.1) is 11.3 Å². The topological polar surface area (TPSA) is 16.1 Å². The van der Waals surface area contributed by atoms with Crippen LogP contribution >= 0.6 is 11.3 Å². The third-order valence-corrected chi connectivity index (χ3v) is 11.6. The van der Waals surface area contributed by atoms with Gasteiger partial charge in [0.15, 0.2) is 0 Å². The van der Waals surface area contributed by atoms with Crippen molar-refractivity contribution in [3.05, 3.63) is 169 Å². The molecule has 0 aliphatic carbocycles.